The van der Waals surface area contributed by atoms with Crippen molar-refractivity contribution in [3.63, 3.8) is 0 Å². The molecule has 120 valence electrons. The minimum Gasteiger partial charge on any atom is -0.383 e. The highest BCUT2D eigenvalue weighted by Gasteiger charge is 2.04. The molecule has 0 spiro atoms. The summed E-state index contributed by atoms with van der Waals surface area (Å²) in [5.74, 6) is 0. The lowest BCUT2D eigenvalue weighted by Crippen LogP contribution is -2.21. The summed E-state index contributed by atoms with van der Waals surface area (Å²) in [4.78, 5) is 2.38. The van der Waals surface area contributed by atoms with Gasteiger partial charge in [-0.1, -0.05) is 39.0 Å². The Morgan fingerprint density at radius 3 is 2.10 bits per heavy atom. The van der Waals surface area contributed by atoms with Crippen molar-refractivity contribution < 1.29 is 0 Å². The van der Waals surface area contributed by atoms with Crippen molar-refractivity contribution in [1.29, 1.82) is 0 Å². The largest absolute Gasteiger partial charge is 0.383 e. The predicted octanol–water partition coefficient (Wildman–Crippen LogP) is 5.69. The maximum absolute atomic E-state index is 3.62. The number of benzene rings is 1. The molecule has 1 aromatic carbocycles. The van der Waals surface area contributed by atoms with E-state index in [0.29, 0.717) is 6.04 Å². The zero-order valence-corrected chi connectivity index (χ0v) is 14.5. The molecule has 0 amide bonds. The average Bonchev–Trinajstić information content (AvgIpc) is 2.50. The number of unbranched alkanes of at least 4 members (excludes halogenated alkanes) is 4. The average molecular weight is 290 g/mol. The first kappa shape index (κ1) is 17.9. The normalized spacial score (nSPS) is 12.2. The Kier molecular flexibility index (Phi) is 8.96. The van der Waals surface area contributed by atoms with Gasteiger partial charge in [0.05, 0.1) is 0 Å². The van der Waals surface area contributed by atoms with E-state index >= 15 is 0 Å². The van der Waals surface area contributed by atoms with Gasteiger partial charge in [-0.15, -0.1) is 0 Å². The first-order valence-electron chi connectivity index (χ1n) is 8.82. The molecule has 0 saturated carbocycles. The van der Waals surface area contributed by atoms with Crippen LogP contribution in [0, 0.1) is 0 Å². The van der Waals surface area contributed by atoms with Crippen LogP contribution in [0.1, 0.15) is 66.2 Å². The number of rotatable bonds is 11. The van der Waals surface area contributed by atoms with E-state index < -0.39 is 0 Å². The van der Waals surface area contributed by atoms with Gasteiger partial charge in [-0.25, -0.2) is 0 Å². The van der Waals surface area contributed by atoms with Crippen LogP contribution in [0.15, 0.2) is 24.3 Å². The smallest absolute Gasteiger partial charge is 0.0367 e. The number of anilines is 2. The summed E-state index contributed by atoms with van der Waals surface area (Å²) >= 11 is 0. The van der Waals surface area contributed by atoms with Gasteiger partial charge in [-0.2, -0.15) is 0 Å². The van der Waals surface area contributed by atoms with Gasteiger partial charge in [-0.3, -0.25) is 0 Å². The highest BCUT2D eigenvalue weighted by molar-refractivity contribution is 5.55. The molecule has 1 rings (SSSR count). The minimum absolute atomic E-state index is 0.561. The van der Waals surface area contributed by atoms with E-state index in [1.807, 2.05) is 0 Å². The van der Waals surface area contributed by atoms with Gasteiger partial charge < -0.3 is 10.2 Å². The number of hydrogen-bond acceptors (Lipinski definition) is 2. The van der Waals surface area contributed by atoms with Crippen molar-refractivity contribution >= 4 is 11.4 Å². The van der Waals surface area contributed by atoms with Crippen LogP contribution in [0.5, 0.6) is 0 Å². The van der Waals surface area contributed by atoms with Crippen molar-refractivity contribution in [3.8, 4) is 0 Å². The van der Waals surface area contributed by atoms with E-state index in [4.69, 9.17) is 0 Å². The van der Waals surface area contributed by atoms with E-state index in [-0.39, 0.29) is 0 Å². The Labute approximate surface area is 131 Å². The fourth-order valence-corrected chi connectivity index (χ4v) is 2.77. The van der Waals surface area contributed by atoms with E-state index in [1.54, 1.807) is 0 Å². The predicted molar refractivity (Wildman–Crippen MR) is 96.5 cm³/mol. The van der Waals surface area contributed by atoms with E-state index in [0.717, 1.165) is 13.1 Å². The second kappa shape index (κ2) is 10.5. The lowest BCUT2D eigenvalue weighted by Gasteiger charge is -2.22. The molecular formula is C19H34N2. The van der Waals surface area contributed by atoms with Crippen LogP contribution in [0.3, 0.4) is 0 Å². The minimum atomic E-state index is 0.561. The number of nitrogens with one attached hydrogen (secondary N) is 1. The van der Waals surface area contributed by atoms with E-state index in [2.05, 4.69) is 62.2 Å². The molecule has 1 atom stereocenters. The second-order valence-electron chi connectivity index (χ2n) is 5.97. The second-order valence-corrected chi connectivity index (χ2v) is 5.97. The maximum atomic E-state index is 3.62. The van der Waals surface area contributed by atoms with Crippen LogP contribution in [0.25, 0.3) is 0 Å². The van der Waals surface area contributed by atoms with Crippen LogP contribution >= 0.6 is 0 Å². The quantitative estimate of drug-likeness (QED) is 0.526. The highest BCUT2D eigenvalue weighted by Crippen LogP contribution is 2.19. The van der Waals surface area contributed by atoms with Crippen LogP contribution in [0.4, 0.5) is 11.4 Å². The Morgan fingerprint density at radius 2 is 1.52 bits per heavy atom. The van der Waals surface area contributed by atoms with Gasteiger partial charge in [-0.05, 0) is 51.5 Å². The first-order valence-corrected chi connectivity index (χ1v) is 8.82. The fraction of sp³-hybridized carbons (Fsp3) is 0.684. The maximum Gasteiger partial charge on any atom is 0.0367 e. The zero-order valence-electron chi connectivity index (χ0n) is 14.5. The van der Waals surface area contributed by atoms with Crippen LogP contribution < -0.4 is 10.2 Å². The molecule has 1 aromatic rings. The van der Waals surface area contributed by atoms with Crippen molar-refractivity contribution in [1.82, 2.24) is 0 Å². The van der Waals surface area contributed by atoms with Gasteiger partial charge in [0.25, 0.3) is 0 Å². The molecule has 0 heterocycles. The van der Waals surface area contributed by atoms with Crippen molar-refractivity contribution in [3.05, 3.63) is 24.3 Å². The van der Waals surface area contributed by atoms with Crippen LogP contribution in [-0.2, 0) is 0 Å². The zero-order chi connectivity index (χ0) is 15.5. The lowest BCUT2D eigenvalue weighted by molar-refractivity contribution is 0.578. The molecule has 1 unspecified atom stereocenters. The van der Waals surface area contributed by atoms with Gasteiger partial charge in [0.1, 0.15) is 0 Å². The third kappa shape index (κ3) is 6.88. The fourth-order valence-electron chi connectivity index (χ4n) is 2.77. The molecule has 0 bridgehead atoms. The summed E-state index contributed by atoms with van der Waals surface area (Å²) < 4.78 is 0. The molecule has 0 aliphatic rings. The first-order chi connectivity index (χ1) is 10.2. The topological polar surface area (TPSA) is 15.3 Å². The van der Waals surface area contributed by atoms with Crippen molar-refractivity contribution in [2.75, 3.05) is 23.3 Å². The Bertz CT molecular complexity index is 354. The number of hydrogen-bond donors (Lipinski definition) is 1. The summed E-state index contributed by atoms with van der Waals surface area (Å²) in [6, 6.07) is 9.43. The monoisotopic (exact) mass is 290 g/mol. The van der Waals surface area contributed by atoms with Crippen molar-refractivity contribution in [2.24, 2.45) is 0 Å². The lowest BCUT2D eigenvalue weighted by atomic mass is 10.1. The van der Waals surface area contributed by atoms with E-state index in [9.17, 15) is 0 Å². The van der Waals surface area contributed by atoms with Gasteiger partial charge >= 0.3 is 0 Å². The molecule has 0 fully saturated rings. The van der Waals surface area contributed by atoms with Crippen molar-refractivity contribution in [2.45, 2.75) is 72.3 Å². The standard InChI is InChI=1S/C19H34N2/c1-5-8-9-10-11-12-17(4)20-18-13-15-19(16-14-18)21(6-2)7-3/h13-17,20H,5-12H2,1-4H3. The third-order valence-electron chi connectivity index (χ3n) is 4.15. The van der Waals surface area contributed by atoms with E-state index in [1.165, 1.54) is 49.9 Å². The summed E-state index contributed by atoms with van der Waals surface area (Å²) in [6.45, 7) is 11.1. The molecule has 21 heavy (non-hydrogen) atoms. The molecule has 0 aromatic heterocycles. The van der Waals surface area contributed by atoms with Gasteiger partial charge in [0, 0.05) is 30.5 Å². The molecule has 0 aliphatic heterocycles. The third-order valence-corrected chi connectivity index (χ3v) is 4.15. The summed E-state index contributed by atoms with van der Waals surface area (Å²) in [5.41, 5.74) is 2.56. The van der Waals surface area contributed by atoms with Gasteiger partial charge in [0.15, 0.2) is 0 Å². The Hall–Kier alpha value is -1.18. The molecular weight excluding hydrogens is 256 g/mol. The highest BCUT2D eigenvalue weighted by atomic mass is 15.1. The molecule has 0 aliphatic carbocycles. The van der Waals surface area contributed by atoms with Gasteiger partial charge in [0.2, 0.25) is 0 Å². The molecule has 2 nitrogen and oxygen atoms in total. The molecule has 0 radical (unpaired) electrons. The summed E-state index contributed by atoms with van der Waals surface area (Å²) in [7, 11) is 0. The summed E-state index contributed by atoms with van der Waals surface area (Å²) in [5, 5.41) is 3.62. The Morgan fingerprint density at radius 1 is 0.905 bits per heavy atom. The molecule has 2 heteroatoms. The summed E-state index contributed by atoms with van der Waals surface area (Å²) in [6.07, 6.45) is 8.08. The Balaban J connectivity index is 2.34. The van der Waals surface area contributed by atoms with Crippen LogP contribution in [0.2, 0.25) is 0 Å². The van der Waals surface area contributed by atoms with Crippen LogP contribution in [-0.4, -0.2) is 19.1 Å². The number of nitrogens with zero attached hydrogens (tertiary/aromatic N) is 1. The molecule has 1 N–H and O–H groups in total. The molecule has 0 saturated heterocycles. The SMILES string of the molecule is CCCCCCCC(C)Nc1ccc(N(CC)CC)cc1.